The number of carbonyl (C=O) groups excluding carboxylic acids is 1. The summed E-state index contributed by atoms with van der Waals surface area (Å²) in [6.45, 7) is 3.74. The maximum absolute atomic E-state index is 14.0. The van der Waals surface area contributed by atoms with Crippen LogP contribution in [0.3, 0.4) is 0 Å². The van der Waals surface area contributed by atoms with Crippen molar-refractivity contribution in [1.82, 2.24) is 9.29 Å². The van der Waals surface area contributed by atoms with Crippen molar-refractivity contribution < 1.29 is 31.1 Å². The van der Waals surface area contributed by atoms with Gasteiger partial charge in [-0.25, -0.2) is 21.1 Å². The lowest BCUT2D eigenvalue weighted by Crippen LogP contribution is -2.55. The number of pyridine rings is 1. The molecule has 10 nitrogen and oxygen atoms in total. The van der Waals surface area contributed by atoms with Crippen LogP contribution in [-0.4, -0.2) is 62.9 Å². The van der Waals surface area contributed by atoms with Gasteiger partial charge in [0.05, 0.1) is 28.5 Å². The first kappa shape index (κ1) is 30.5. The van der Waals surface area contributed by atoms with Gasteiger partial charge in [-0.15, -0.1) is 0 Å². The molecule has 0 radical (unpaired) electrons. The van der Waals surface area contributed by atoms with Crippen LogP contribution >= 0.6 is 0 Å². The SMILES string of the molecule is CC(CS(=O)(=O)CCc1ccccn1)C(=O)N([C@H](N)[C@@H](C)Cc1ccccc1)S(=O)(=O)c1ccc2c(c1)OCCO2. The number of carbonyl (C=O) groups is 1. The first-order valence-electron chi connectivity index (χ1n) is 13.4. The molecule has 1 aliphatic rings. The average molecular weight is 602 g/mol. The van der Waals surface area contributed by atoms with Crippen LogP contribution in [0.4, 0.5) is 0 Å². The maximum atomic E-state index is 14.0. The van der Waals surface area contributed by atoms with Crippen molar-refractivity contribution in [2.75, 3.05) is 24.7 Å². The van der Waals surface area contributed by atoms with E-state index in [1.165, 1.54) is 25.1 Å². The van der Waals surface area contributed by atoms with E-state index in [-0.39, 0.29) is 29.4 Å². The molecule has 2 heterocycles. The lowest BCUT2D eigenvalue weighted by molar-refractivity contribution is -0.131. The van der Waals surface area contributed by atoms with E-state index < -0.39 is 49.5 Å². The predicted molar refractivity (Wildman–Crippen MR) is 155 cm³/mol. The normalized spacial score (nSPS) is 15.5. The molecule has 4 rings (SSSR count). The van der Waals surface area contributed by atoms with Gasteiger partial charge in [-0.05, 0) is 42.2 Å². The number of fused-ring (bicyclic) bond motifs is 1. The average Bonchev–Trinajstić information content (AvgIpc) is 2.96. The molecule has 3 atom stereocenters. The van der Waals surface area contributed by atoms with Gasteiger partial charge in [0.2, 0.25) is 5.91 Å². The number of nitrogens with two attached hydrogens (primary N) is 1. The van der Waals surface area contributed by atoms with E-state index in [1.54, 1.807) is 31.3 Å². The number of hydrogen-bond acceptors (Lipinski definition) is 9. The van der Waals surface area contributed by atoms with Crippen molar-refractivity contribution in [1.29, 1.82) is 0 Å². The molecule has 1 aromatic heterocycles. The summed E-state index contributed by atoms with van der Waals surface area (Å²) in [5.41, 5.74) is 8.05. The van der Waals surface area contributed by atoms with Crippen molar-refractivity contribution in [2.45, 2.75) is 37.8 Å². The lowest BCUT2D eigenvalue weighted by Gasteiger charge is -2.34. The Bertz CT molecular complexity index is 1550. The molecule has 0 fully saturated rings. The van der Waals surface area contributed by atoms with Gasteiger partial charge in [-0.1, -0.05) is 50.2 Å². The zero-order chi connectivity index (χ0) is 29.6. The number of aryl methyl sites for hydroxylation is 1. The number of hydrogen-bond donors (Lipinski definition) is 1. The van der Waals surface area contributed by atoms with Gasteiger partial charge in [-0.3, -0.25) is 9.78 Å². The summed E-state index contributed by atoms with van der Waals surface area (Å²) in [7, 11) is -8.24. The minimum absolute atomic E-state index is 0.177. The van der Waals surface area contributed by atoms with Crippen LogP contribution < -0.4 is 15.2 Å². The molecule has 0 bridgehead atoms. The summed E-state index contributed by atoms with van der Waals surface area (Å²) < 4.78 is 65.6. The van der Waals surface area contributed by atoms with E-state index in [1.807, 2.05) is 30.3 Å². The molecule has 41 heavy (non-hydrogen) atoms. The number of ether oxygens (including phenoxy) is 2. The largest absolute Gasteiger partial charge is 0.486 e. The van der Waals surface area contributed by atoms with Crippen LogP contribution in [0.15, 0.2) is 77.8 Å². The molecule has 220 valence electrons. The summed E-state index contributed by atoms with van der Waals surface area (Å²) in [4.78, 5) is 17.8. The van der Waals surface area contributed by atoms with Crippen LogP contribution in [0.2, 0.25) is 0 Å². The van der Waals surface area contributed by atoms with E-state index in [0.29, 0.717) is 28.8 Å². The Labute approximate surface area is 241 Å². The van der Waals surface area contributed by atoms with Crippen LogP contribution in [0, 0.1) is 11.8 Å². The van der Waals surface area contributed by atoms with Gasteiger partial charge in [-0.2, -0.15) is 0 Å². The Morgan fingerprint density at radius 2 is 1.63 bits per heavy atom. The monoisotopic (exact) mass is 601 g/mol. The molecule has 1 aliphatic heterocycles. The van der Waals surface area contributed by atoms with E-state index in [0.717, 1.165) is 5.56 Å². The summed E-state index contributed by atoms with van der Waals surface area (Å²) in [5, 5.41) is 0. The molecule has 1 unspecified atom stereocenters. The Morgan fingerprint density at radius 1 is 0.951 bits per heavy atom. The van der Waals surface area contributed by atoms with Gasteiger partial charge in [0.25, 0.3) is 10.0 Å². The highest BCUT2D eigenvalue weighted by molar-refractivity contribution is 7.91. The Morgan fingerprint density at radius 3 is 2.32 bits per heavy atom. The minimum Gasteiger partial charge on any atom is -0.486 e. The van der Waals surface area contributed by atoms with E-state index >= 15 is 0 Å². The summed E-state index contributed by atoms with van der Waals surface area (Å²) in [5.74, 6) is -2.69. The Kier molecular flexibility index (Phi) is 9.67. The van der Waals surface area contributed by atoms with Gasteiger partial charge < -0.3 is 15.2 Å². The highest BCUT2D eigenvalue weighted by Crippen LogP contribution is 2.34. The maximum Gasteiger partial charge on any atom is 0.268 e. The molecule has 0 aliphatic carbocycles. The van der Waals surface area contributed by atoms with Crippen LogP contribution in [0.1, 0.15) is 25.1 Å². The topological polar surface area (TPSA) is 146 Å². The molecule has 3 aromatic rings. The molecule has 1 amide bonds. The third kappa shape index (κ3) is 7.63. The van der Waals surface area contributed by atoms with Gasteiger partial charge in [0, 0.05) is 24.4 Å². The smallest absolute Gasteiger partial charge is 0.268 e. The molecule has 2 N–H and O–H groups in total. The minimum atomic E-state index is -4.51. The van der Waals surface area contributed by atoms with Gasteiger partial charge in [0.1, 0.15) is 13.2 Å². The number of rotatable bonds is 12. The second kappa shape index (κ2) is 13.0. The molecular formula is C29H35N3O7S2. The zero-order valence-corrected chi connectivity index (χ0v) is 24.7. The third-order valence-corrected chi connectivity index (χ3v) is 10.5. The van der Waals surface area contributed by atoms with E-state index in [9.17, 15) is 21.6 Å². The van der Waals surface area contributed by atoms with Crippen molar-refractivity contribution in [2.24, 2.45) is 17.6 Å². The van der Waals surface area contributed by atoms with Crippen molar-refractivity contribution in [3.63, 3.8) is 0 Å². The first-order chi connectivity index (χ1) is 19.5. The quantitative estimate of drug-likeness (QED) is 0.310. The summed E-state index contributed by atoms with van der Waals surface area (Å²) >= 11 is 0. The number of sulfone groups is 1. The van der Waals surface area contributed by atoms with Crippen molar-refractivity contribution >= 4 is 25.8 Å². The fraction of sp³-hybridized carbons (Fsp3) is 0.379. The predicted octanol–water partition coefficient (Wildman–Crippen LogP) is 2.83. The summed E-state index contributed by atoms with van der Waals surface area (Å²) in [6.07, 6.45) is 0.891. The number of benzene rings is 2. The molecule has 2 aromatic carbocycles. The number of nitrogens with zero attached hydrogens (tertiary/aromatic N) is 2. The molecule has 0 saturated heterocycles. The molecule has 0 saturated carbocycles. The van der Waals surface area contributed by atoms with Crippen molar-refractivity contribution in [3.05, 3.63) is 84.2 Å². The summed E-state index contributed by atoms with van der Waals surface area (Å²) in [6, 6.07) is 18.7. The highest BCUT2D eigenvalue weighted by atomic mass is 32.2. The number of aromatic nitrogens is 1. The molecule has 0 spiro atoms. The van der Waals surface area contributed by atoms with Crippen LogP contribution in [0.5, 0.6) is 11.5 Å². The van der Waals surface area contributed by atoms with Crippen LogP contribution in [-0.2, 0) is 37.5 Å². The first-order valence-corrected chi connectivity index (χ1v) is 16.6. The fourth-order valence-corrected chi connectivity index (χ4v) is 7.88. The fourth-order valence-electron chi connectivity index (χ4n) is 4.62. The second-order valence-corrected chi connectivity index (χ2v) is 14.2. The highest BCUT2D eigenvalue weighted by Gasteiger charge is 2.40. The van der Waals surface area contributed by atoms with E-state index in [2.05, 4.69) is 4.98 Å². The van der Waals surface area contributed by atoms with Crippen molar-refractivity contribution in [3.8, 4) is 11.5 Å². The molecule has 12 heteroatoms. The Balaban J connectivity index is 1.61. The number of amides is 1. The lowest BCUT2D eigenvalue weighted by atomic mass is 9.98. The van der Waals surface area contributed by atoms with Crippen LogP contribution in [0.25, 0.3) is 0 Å². The van der Waals surface area contributed by atoms with E-state index in [4.69, 9.17) is 15.2 Å². The standard InChI is InChI=1S/C29H35N3O7S2/c1-21(18-23-8-4-3-5-9-23)28(30)32(41(36,37)25-11-12-26-27(19-25)39-16-15-38-26)29(33)22(2)20-40(34,35)17-13-24-10-6-7-14-31-24/h3-12,14,19,21-22,28H,13,15-18,20,30H2,1-2H3/t21-,22?,28-/m0/s1. The zero-order valence-electron chi connectivity index (χ0n) is 23.0. The third-order valence-electron chi connectivity index (χ3n) is 6.86. The van der Waals surface area contributed by atoms with Gasteiger partial charge >= 0.3 is 0 Å². The second-order valence-electron chi connectivity index (χ2n) is 10.2. The van der Waals surface area contributed by atoms with Gasteiger partial charge in [0.15, 0.2) is 21.3 Å². The molecular weight excluding hydrogens is 566 g/mol. The number of sulfonamides is 1. The Hall–Kier alpha value is -3.48.